The molecule has 0 bridgehead atoms. The van der Waals surface area contributed by atoms with Gasteiger partial charge in [0.2, 0.25) is 0 Å². The predicted molar refractivity (Wildman–Crippen MR) is 337 cm³/mol. The molecule has 0 saturated heterocycles. The first-order valence-electron chi connectivity index (χ1n) is 28.9. The van der Waals surface area contributed by atoms with Crippen molar-refractivity contribution >= 4 is 54.2 Å². The summed E-state index contributed by atoms with van der Waals surface area (Å²) in [5, 5.41) is 10.8. The lowest BCUT2D eigenvalue weighted by Crippen LogP contribution is -2.21. The zero-order valence-corrected chi connectivity index (χ0v) is 47.9. The second kappa shape index (κ2) is 17.0. The molecular weight excluding hydrogens is 937 g/mol. The molecule has 0 amide bonds. The maximum absolute atomic E-state index is 2.63. The lowest BCUT2D eigenvalue weighted by atomic mass is 9.64. The van der Waals surface area contributed by atoms with Crippen molar-refractivity contribution in [2.45, 2.75) is 129 Å². The molecule has 10 aromatic rings. The van der Waals surface area contributed by atoms with Crippen LogP contribution in [0.1, 0.15) is 158 Å². The maximum Gasteiger partial charge on any atom is 0.0218 e. The molecule has 4 aliphatic rings. The first kappa shape index (κ1) is 48.8. The number of hydrogen-bond donors (Lipinski definition) is 0. The fourth-order valence-corrected chi connectivity index (χ4v) is 14.4. The minimum atomic E-state index is -0.0601. The van der Waals surface area contributed by atoms with Crippen LogP contribution in [0.3, 0.4) is 0 Å². The van der Waals surface area contributed by atoms with E-state index in [0.717, 1.165) is 12.8 Å². The van der Waals surface area contributed by atoms with Gasteiger partial charge < -0.3 is 0 Å². The van der Waals surface area contributed by atoms with Crippen LogP contribution in [-0.2, 0) is 21.7 Å². The van der Waals surface area contributed by atoms with Gasteiger partial charge in [-0.2, -0.15) is 0 Å². The van der Waals surface area contributed by atoms with Gasteiger partial charge >= 0.3 is 0 Å². The SMILES string of the molecule is CC(C)(C)c1cc2c3c(cc(C(C)(C)C)cc3c1)-c1c-2c(-c2ccccc2)c2ccc3c4c(ccc3c2c1-c1ccccc1)C(C1=CC=CCC1)=C1c2cc(C(C)(C)C)cc3cc(C(C)(C)C)cc(c23)C1C4c1ccccc1. The second-order valence-electron chi connectivity index (χ2n) is 27.5. The Labute approximate surface area is 463 Å². The Morgan fingerprint density at radius 3 is 1.42 bits per heavy atom. The summed E-state index contributed by atoms with van der Waals surface area (Å²) >= 11 is 0. The maximum atomic E-state index is 2.63. The van der Waals surface area contributed by atoms with E-state index in [1.807, 2.05) is 0 Å². The highest BCUT2D eigenvalue weighted by Crippen LogP contribution is 2.65. The van der Waals surface area contributed by atoms with E-state index < -0.39 is 0 Å². The minimum Gasteiger partial charge on any atom is -0.0842 e. The molecule has 2 unspecified atom stereocenters. The third kappa shape index (κ3) is 7.31. The molecule has 0 nitrogen and oxygen atoms in total. The van der Waals surface area contributed by atoms with Crippen molar-refractivity contribution in [3.8, 4) is 44.5 Å². The van der Waals surface area contributed by atoms with Crippen LogP contribution in [-0.4, -0.2) is 0 Å². The Hall–Kier alpha value is -7.54. The average molecular weight is 1010 g/mol. The van der Waals surface area contributed by atoms with Crippen LogP contribution < -0.4 is 0 Å². The molecule has 4 aliphatic carbocycles. The highest BCUT2D eigenvalue weighted by molar-refractivity contribution is 6.32. The summed E-state index contributed by atoms with van der Waals surface area (Å²) in [6.07, 6.45) is 9.19. The molecule has 0 spiro atoms. The van der Waals surface area contributed by atoms with Gasteiger partial charge in [0, 0.05) is 11.8 Å². The lowest BCUT2D eigenvalue weighted by Gasteiger charge is -2.38. The number of benzene rings is 10. The van der Waals surface area contributed by atoms with E-state index in [1.165, 1.54) is 154 Å². The van der Waals surface area contributed by atoms with Crippen molar-refractivity contribution in [1.29, 1.82) is 0 Å². The first-order valence-corrected chi connectivity index (χ1v) is 28.9. The number of allylic oxidation sites excluding steroid dienone is 6. The molecule has 0 radical (unpaired) electrons. The highest BCUT2D eigenvalue weighted by Gasteiger charge is 2.46. The van der Waals surface area contributed by atoms with Gasteiger partial charge in [-0.1, -0.05) is 253 Å². The van der Waals surface area contributed by atoms with E-state index in [1.54, 1.807) is 0 Å². The van der Waals surface area contributed by atoms with Crippen molar-refractivity contribution in [3.05, 3.63) is 238 Å². The summed E-state index contributed by atoms with van der Waals surface area (Å²) in [6, 6.07) is 65.1. The molecule has 2 atom stereocenters. The molecule has 0 heterocycles. The molecule has 78 heavy (non-hydrogen) atoms. The van der Waals surface area contributed by atoms with Gasteiger partial charge in [0.15, 0.2) is 0 Å². The van der Waals surface area contributed by atoms with Crippen molar-refractivity contribution in [2.24, 2.45) is 0 Å². The third-order valence-corrected chi connectivity index (χ3v) is 18.4. The summed E-state index contributed by atoms with van der Waals surface area (Å²) in [5.41, 5.74) is 27.5. The molecule has 0 aliphatic heterocycles. The zero-order valence-electron chi connectivity index (χ0n) is 47.9. The summed E-state index contributed by atoms with van der Waals surface area (Å²) < 4.78 is 0. The zero-order chi connectivity index (χ0) is 53.9. The van der Waals surface area contributed by atoms with E-state index in [2.05, 4.69) is 265 Å². The predicted octanol–water partition coefficient (Wildman–Crippen LogP) is 21.9. The molecule has 384 valence electrons. The number of fused-ring (bicyclic) bond motifs is 11. The first-order chi connectivity index (χ1) is 37.3. The molecule has 14 rings (SSSR count). The van der Waals surface area contributed by atoms with E-state index in [9.17, 15) is 0 Å². The topological polar surface area (TPSA) is 0 Å². The van der Waals surface area contributed by atoms with E-state index in [4.69, 9.17) is 0 Å². The normalized spacial score (nSPS) is 16.8. The van der Waals surface area contributed by atoms with Crippen LogP contribution in [0.5, 0.6) is 0 Å². The highest BCUT2D eigenvalue weighted by atomic mass is 14.5. The Morgan fingerprint density at radius 2 is 0.872 bits per heavy atom. The second-order valence-corrected chi connectivity index (χ2v) is 27.5. The fraction of sp³-hybridized carbons (Fsp3) is 0.256. The van der Waals surface area contributed by atoms with Gasteiger partial charge in [-0.15, -0.1) is 0 Å². The summed E-state index contributed by atoms with van der Waals surface area (Å²) in [7, 11) is 0. The Balaban J connectivity index is 1.19. The van der Waals surface area contributed by atoms with Gasteiger partial charge in [-0.25, -0.2) is 0 Å². The summed E-state index contributed by atoms with van der Waals surface area (Å²) in [4.78, 5) is 0. The number of hydrogen-bond acceptors (Lipinski definition) is 0. The largest absolute Gasteiger partial charge is 0.0842 e. The van der Waals surface area contributed by atoms with Crippen molar-refractivity contribution in [3.63, 3.8) is 0 Å². The van der Waals surface area contributed by atoms with Crippen LogP contribution in [0, 0.1) is 0 Å². The van der Waals surface area contributed by atoms with Crippen LogP contribution in [0.4, 0.5) is 0 Å². The number of rotatable bonds is 4. The Kier molecular flexibility index (Phi) is 10.6. The standard InChI is InChI=1S/C78H72/c1-75(2,3)51-37-49-39-53(77(7,8)9)43-61-63(49)59(41-51)71-65(45-25-17-13-18-26-45)57-35-33-56-55(69(57)67(73(61)71)47-29-21-15-22-30-47)34-36-58-66(46-27-19-14-20-28-46)72-60-42-52(76(4,5)6)38-50-40-54(78(10,11)12)44-62(64(50)60)74(72)68(70(56)58)48-31-23-16-24-32-48/h13-19,21-27,29-44,68,74H,20,28H2,1-12H3. The van der Waals surface area contributed by atoms with E-state index in [0.29, 0.717) is 0 Å². The van der Waals surface area contributed by atoms with E-state index in [-0.39, 0.29) is 33.5 Å². The van der Waals surface area contributed by atoms with Crippen molar-refractivity contribution < 1.29 is 0 Å². The molecule has 0 heteroatoms. The minimum absolute atomic E-state index is 0.0256. The monoisotopic (exact) mass is 1010 g/mol. The quantitative estimate of drug-likeness (QED) is 0.154. The molecule has 0 N–H and O–H groups in total. The van der Waals surface area contributed by atoms with Gasteiger partial charge in [-0.05, 0) is 201 Å². The van der Waals surface area contributed by atoms with Gasteiger partial charge in [-0.3, -0.25) is 0 Å². The smallest absolute Gasteiger partial charge is 0.0218 e. The van der Waals surface area contributed by atoms with Crippen molar-refractivity contribution in [1.82, 2.24) is 0 Å². The average Bonchev–Trinajstić information content (AvgIpc) is 4.15. The lowest BCUT2D eigenvalue weighted by molar-refractivity contribution is 0.588. The Morgan fingerprint density at radius 1 is 0.385 bits per heavy atom. The fourth-order valence-electron chi connectivity index (χ4n) is 14.4. The van der Waals surface area contributed by atoms with Crippen molar-refractivity contribution in [2.75, 3.05) is 0 Å². The Bertz CT molecular complexity index is 4280. The molecule has 0 fully saturated rings. The van der Waals surface area contributed by atoms with Gasteiger partial charge in [0.1, 0.15) is 0 Å². The van der Waals surface area contributed by atoms with Crippen LogP contribution in [0.25, 0.3) is 98.7 Å². The van der Waals surface area contributed by atoms with Gasteiger partial charge in [0.05, 0.1) is 0 Å². The third-order valence-electron chi connectivity index (χ3n) is 18.4. The summed E-state index contributed by atoms with van der Waals surface area (Å²) in [5.74, 6) is 0.155. The van der Waals surface area contributed by atoms with Crippen LogP contribution >= 0.6 is 0 Å². The molecule has 0 aromatic heterocycles. The molecule has 0 saturated carbocycles. The molecular formula is C78H72. The van der Waals surface area contributed by atoms with Crippen LogP contribution in [0.15, 0.2) is 188 Å². The van der Waals surface area contributed by atoms with Gasteiger partial charge in [0.25, 0.3) is 0 Å². The summed E-state index contributed by atoms with van der Waals surface area (Å²) in [6.45, 7) is 28.6. The van der Waals surface area contributed by atoms with Crippen LogP contribution in [0.2, 0.25) is 0 Å². The molecule has 10 aromatic carbocycles. The van der Waals surface area contributed by atoms with E-state index >= 15 is 0 Å².